The van der Waals surface area contributed by atoms with Gasteiger partial charge in [-0.1, -0.05) is 48.6 Å². The number of anilines is 2. The molecule has 4 heteroatoms. The molecule has 84 valence electrons. The van der Waals surface area contributed by atoms with Crippen molar-refractivity contribution >= 4 is 21.5 Å². The minimum atomic E-state index is 0.464. The van der Waals surface area contributed by atoms with Crippen LogP contribution < -0.4 is 11.1 Å². The number of rotatable bonds is 4. The highest BCUT2D eigenvalue weighted by molar-refractivity contribution is 7.19. The second-order valence-electron chi connectivity index (χ2n) is 3.76. The normalized spacial score (nSPS) is 12.3. The molecule has 2 aromatic rings. The van der Waals surface area contributed by atoms with Crippen LogP contribution in [0.5, 0.6) is 0 Å². The number of benzene rings is 1. The van der Waals surface area contributed by atoms with Gasteiger partial charge in [0, 0.05) is 6.54 Å². The third-order valence-corrected chi connectivity index (χ3v) is 3.24. The second kappa shape index (κ2) is 4.99. The van der Waals surface area contributed by atoms with Crippen LogP contribution in [-0.4, -0.2) is 11.5 Å². The number of hydrogen-bond donors (Lipinski definition) is 2. The zero-order chi connectivity index (χ0) is 11.4. The Labute approximate surface area is 99.3 Å². The smallest absolute Gasteiger partial charge is 0.184 e. The highest BCUT2D eigenvalue weighted by atomic mass is 32.1. The summed E-state index contributed by atoms with van der Waals surface area (Å²) in [6, 6.07) is 10.4. The molecule has 3 nitrogen and oxygen atoms in total. The average molecular weight is 233 g/mol. The molecule has 1 aromatic heterocycles. The maximum Gasteiger partial charge on any atom is 0.184 e. The van der Waals surface area contributed by atoms with Crippen LogP contribution in [-0.2, 0) is 0 Å². The zero-order valence-electron chi connectivity index (χ0n) is 9.18. The van der Waals surface area contributed by atoms with Crippen LogP contribution in [0.2, 0.25) is 0 Å². The zero-order valence-corrected chi connectivity index (χ0v) is 10.00. The van der Waals surface area contributed by atoms with Crippen LogP contribution in [0.4, 0.5) is 10.1 Å². The lowest BCUT2D eigenvalue weighted by Gasteiger charge is -2.11. The van der Waals surface area contributed by atoms with Gasteiger partial charge in [0.15, 0.2) is 5.13 Å². The van der Waals surface area contributed by atoms with Crippen LogP contribution in [0.1, 0.15) is 18.4 Å². The van der Waals surface area contributed by atoms with Crippen LogP contribution in [0.15, 0.2) is 36.5 Å². The molecular weight excluding hydrogens is 218 g/mol. The summed E-state index contributed by atoms with van der Waals surface area (Å²) in [6.07, 6.45) is 1.68. The maximum atomic E-state index is 5.61. The van der Waals surface area contributed by atoms with E-state index in [0.29, 0.717) is 5.92 Å². The summed E-state index contributed by atoms with van der Waals surface area (Å²) in [7, 11) is 0. The van der Waals surface area contributed by atoms with Crippen molar-refractivity contribution in [3.63, 3.8) is 0 Å². The summed E-state index contributed by atoms with van der Waals surface area (Å²) < 4.78 is 0. The molecular formula is C12H15N3S. The fraction of sp³-hybridized carbons (Fsp3) is 0.250. The highest BCUT2D eigenvalue weighted by Gasteiger charge is 2.05. The quantitative estimate of drug-likeness (QED) is 0.853. The minimum absolute atomic E-state index is 0.464. The Hall–Kier alpha value is -1.55. The molecule has 1 heterocycles. The second-order valence-corrected chi connectivity index (χ2v) is 4.82. The van der Waals surface area contributed by atoms with E-state index in [9.17, 15) is 0 Å². The van der Waals surface area contributed by atoms with Crippen LogP contribution in [0.3, 0.4) is 0 Å². The van der Waals surface area contributed by atoms with E-state index in [2.05, 4.69) is 41.5 Å². The molecule has 1 aromatic carbocycles. The molecule has 3 N–H and O–H groups in total. The van der Waals surface area contributed by atoms with Crippen molar-refractivity contribution in [1.82, 2.24) is 4.98 Å². The van der Waals surface area contributed by atoms with E-state index in [1.165, 1.54) is 16.9 Å². The lowest BCUT2D eigenvalue weighted by atomic mass is 10.0. The molecule has 0 aliphatic rings. The fourth-order valence-electron chi connectivity index (χ4n) is 1.51. The Morgan fingerprint density at radius 2 is 2.12 bits per heavy atom. The predicted octanol–water partition coefficient (Wildman–Crippen LogP) is 2.94. The van der Waals surface area contributed by atoms with E-state index in [-0.39, 0.29) is 0 Å². The molecule has 0 aliphatic heterocycles. The SMILES string of the molecule is CC(CNc1ncc(N)s1)c1ccccc1. The monoisotopic (exact) mass is 233 g/mol. The molecule has 0 saturated carbocycles. The first-order valence-corrected chi connectivity index (χ1v) is 6.07. The van der Waals surface area contributed by atoms with Gasteiger partial charge in [-0.3, -0.25) is 0 Å². The van der Waals surface area contributed by atoms with Crippen molar-refractivity contribution in [2.24, 2.45) is 0 Å². The Kier molecular flexibility index (Phi) is 3.41. The van der Waals surface area contributed by atoms with Crippen molar-refractivity contribution in [2.45, 2.75) is 12.8 Å². The fourth-order valence-corrected chi connectivity index (χ4v) is 2.10. The minimum Gasteiger partial charge on any atom is -0.389 e. The standard InChI is InChI=1S/C12H15N3S/c1-9(10-5-3-2-4-6-10)7-14-12-15-8-11(13)16-12/h2-6,8-9H,7,13H2,1H3,(H,14,15). The number of nitrogen functional groups attached to an aromatic ring is 1. The summed E-state index contributed by atoms with van der Waals surface area (Å²) in [5, 5.41) is 4.93. The van der Waals surface area contributed by atoms with E-state index in [1.807, 2.05) is 6.07 Å². The van der Waals surface area contributed by atoms with Gasteiger partial charge in [0.1, 0.15) is 5.00 Å². The van der Waals surface area contributed by atoms with Crippen LogP contribution in [0, 0.1) is 0 Å². The number of nitrogens with one attached hydrogen (secondary N) is 1. The Bertz CT molecular complexity index is 439. The largest absolute Gasteiger partial charge is 0.389 e. The Morgan fingerprint density at radius 3 is 2.75 bits per heavy atom. The van der Waals surface area contributed by atoms with Crippen molar-refractivity contribution in [3.05, 3.63) is 42.1 Å². The van der Waals surface area contributed by atoms with Gasteiger partial charge in [-0.25, -0.2) is 4.98 Å². The number of nitrogens with two attached hydrogens (primary N) is 1. The first-order valence-electron chi connectivity index (χ1n) is 5.26. The van der Waals surface area contributed by atoms with Crippen molar-refractivity contribution in [1.29, 1.82) is 0 Å². The van der Waals surface area contributed by atoms with Gasteiger partial charge < -0.3 is 11.1 Å². The van der Waals surface area contributed by atoms with Crippen molar-refractivity contribution in [2.75, 3.05) is 17.6 Å². The lowest BCUT2D eigenvalue weighted by molar-refractivity contribution is 0.804. The topological polar surface area (TPSA) is 50.9 Å². The summed E-state index contributed by atoms with van der Waals surface area (Å²) in [5.74, 6) is 0.464. The molecule has 0 bridgehead atoms. The number of thiazole rings is 1. The molecule has 16 heavy (non-hydrogen) atoms. The van der Waals surface area contributed by atoms with Crippen LogP contribution in [0.25, 0.3) is 0 Å². The molecule has 0 aliphatic carbocycles. The van der Waals surface area contributed by atoms with E-state index in [0.717, 1.165) is 16.7 Å². The molecule has 2 rings (SSSR count). The third kappa shape index (κ3) is 2.73. The van der Waals surface area contributed by atoms with Gasteiger partial charge in [0.05, 0.1) is 6.20 Å². The van der Waals surface area contributed by atoms with Crippen LogP contribution >= 0.6 is 11.3 Å². The molecule has 0 fully saturated rings. The van der Waals surface area contributed by atoms with Gasteiger partial charge in [-0.2, -0.15) is 0 Å². The number of aromatic nitrogens is 1. The summed E-state index contributed by atoms with van der Waals surface area (Å²) >= 11 is 1.48. The highest BCUT2D eigenvalue weighted by Crippen LogP contribution is 2.21. The van der Waals surface area contributed by atoms with E-state index in [4.69, 9.17) is 5.73 Å². The molecule has 1 unspecified atom stereocenters. The first-order chi connectivity index (χ1) is 7.75. The van der Waals surface area contributed by atoms with Gasteiger partial charge >= 0.3 is 0 Å². The number of nitrogens with zero attached hydrogens (tertiary/aromatic N) is 1. The molecule has 1 atom stereocenters. The van der Waals surface area contributed by atoms with E-state index >= 15 is 0 Å². The third-order valence-electron chi connectivity index (χ3n) is 2.45. The first kappa shape index (κ1) is 11.0. The summed E-state index contributed by atoms with van der Waals surface area (Å²) in [6.45, 7) is 3.07. The predicted molar refractivity (Wildman–Crippen MR) is 69.9 cm³/mol. The Balaban J connectivity index is 1.91. The van der Waals surface area contributed by atoms with Gasteiger partial charge in [-0.15, -0.1) is 0 Å². The Morgan fingerprint density at radius 1 is 1.38 bits per heavy atom. The van der Waals surface area contributed by atoms with Gasteiger partial charge in [-0.05, 0) is 11.5 Å². The molecule has 0 radical (unpaired) electrons. The van der Waals surface area contributed by atoms with Crippen molar-refractivity contribution < 1.29 is 0 Å². The molecule has 0 saturated heterocycles. The average Bonchev–Trinajstić information content (AvgIpc) is 2.73. The summed E-state index contributed by atoms with van der Waals surface area (Å²) in [4.78, 5) is 4.16. The van der Waals surface area contributed by atoms with Gasteiger partial charge in [0.25, 0.3) is 0 Å². The number of hydrogen-bond acceptors (Lipinski definition) is 4. The maximum absolute atomic E-state index is 5.61. The molecule has 0 amide bonds. The summed E-state index contributed by atoms with van der Waals surface area (Å²) in [5.41, 5.74) is 6.95. The van der Waals surface area contributed by atoms with E-state index in [1.54, 1.807) is 6.20 Å². The van der Waals surface area contributed by atoms with Crippen molar-refractivity contribution in [3.8, 4) is 0 Å². The lowest BCUT2D eigenvalue weighted by Crippen LogP contribution is -2.09. The molecule has 0 spiro atoms. The van der Waals surface area contributed by atoms with Gasteiger partial charge in [0.2, 0.25) is 0 Å². The van der Waals surface area contributed by atoms with E-state index < -0.39 is 0 Å².